The molecule has 0 aliphatic carbocycles. The highest BCUT2D eigenvalue weighted by Gasteiger charge is 2.15. The van der Waals surface area contributed by atoms with E-state index >= 15 is 0 Å². The number of aryl methyl sites for hydroxylation is 1. The van der Waals surface area contributed by atoms with E-state index < -0.39 is 0 Å². The minimum atomic E-state index is 0.273. The molecule has 104 valence electrons. The molecule has 0 saturated carbocycles. The van der Waals surface area contributed by atoms with Crippen molar-refractivity contribution in [1.29, 1.82) is 0 Å². The van der Waals surface area contributed by atoms with Gasteiger partial charge in [0.1, 0.15) is 11.3 Å². The fourth-order valence-corrected chi connectivity index (χ4v) is 2.70. The number of aromatic nitrogens is 5. The minimum absolute atomic E-state index is 0.273. The maximum Gasteiger partial charge on any atom is 0.111 e. The van der Waals surface area contributed by atoms with E-state index in [4.69, 9.17) is 11.6 Å². The summed E-state index contributed by atoms with van der Waals surface area (Å²) < 4.78 is 4.32. The molecule has 1 atom stereocenters. The van der Waals surface area contributed by atoms with Crippen molar-refractivity contribution in [1.82, 2.24) is 24.1 Å². The second-order valence-electron chi connectivity index (χ2n) is 4.81. The highest BCUT2D eigenvalue weighted by atomic mass is 35.5. The van der Waals surface area contributed by atoms with Crippen LogP contribution in [-0.4, -0.2) is 30.0 Å². The number of imidazole rings is 2. The monoisotopic (exact) mass is 289 g/mol. The molecule has 6 heteroatoms. The Morgan fingerprint density at radius 3 is 2.95 bits per heavy atom. The number of halogens is 1. The number of fused-ring (bicyclic) bond motifs is 1. The zero-order chi connectivity index (χ0) is 13.9. The molecule has 20 heavy (non-hydrogen) atoms. The Bertz CT molecular complexity index is 689. The topological polar surface area (TPSA) is 48.5 Å². The van der Waals surface area contributed by atoms with Crippen molar-refractivity contribution in [2.75, 3.05) is 5.88 Å². The van der Waals surface area contributed by atoms with Gasteiger partial charge in [-0.3, -0.25) is 4.98 Å². The molecule has 0 aliphatic rings. The van der Waals surface area contributed by atoms with E-state index in [2.05, 4.69) is 31.0 Å². The summed E-state index contributed by atoms with van der Waals surface area (Å²) in [6.45, 7) is 3.03. The molecule has 0 aromatic carbocycles. The van der Waals surface area contributed by atoms with Crippen LogP contribution in [0.15, 0.2) is 37.2 Å². The number of pyridine rings is 1. The largest absolute Gasteiger partial charge is 0.335 e. The molecule has 0 N–H and O–H groups in total. The van der Waals surface area contributed by atoms with E-state index in [9.17, 15) is 0 Å². The molecule has 0 amide bonds. The summed E-state index contributed by atoms with van der Waals surface area (Å²) in [5.41, 5.74) is 2.03. The highest BCUT2D eigenvalue weighted by Crippen LogP contribution is 2.22. The van der Waals surface area contributed by atoms with Crippen molar-refractivity contribution >= 4 is 22.6 Å². The van der Waals surface area contributed by atoms with E-state index in [1.807, 2.05) is 18.6 Å². The van der Waals surface area contributed by atoms with Gasteiger partial charge in [0, 0.05) is 37.4 Å². The van der Waals surface area contributed by atoms with Gasteiger partial charge in [0.05, 0.1) is 24.1 Å². The normalized spacial score (nSPS) is 12.9. The maximum absolute atomic E-state index is 5.90. The van der Waals surface area contributed by atoms with Crippen LogP contribution in [-0.2, 0) is 13.0 Å². The molecule has 0 aliphatic heterocycles. The molecule has 0 saturated heterocycles. The Balaban J connectivity index is 2.01. The summed E-state index contributed by atoms with van der Waals surface area (Å²) in [7, 11) is 0. The molecule has 0 spiro atoms. The lowest BCUT2D eigenvalue weighted by molar-refractivity contribution is 0.461. The lowest BCUT2D eigenvalue weighted by Crippen LogP contribution is -2.15. The van der Waals surface area contributed by atoms with Crippen LogP contribution in [0.1, 0.15) is 18.8 Å². The lowest BCUT2D eigenvalue weighted by atomic mass is 10.3. The van der Waals surface area contributed by atoms with E-state index in [0.717, 1.165) is 29.8 Å². The summed E-state index contributed by atoms with van der Waals surface area (Å²) in [4.78, 5) is 12.9. The first-order chi connectivity index (χ1) is 9.79. The Hall–Kier alpha value is -1.88. The van der Waals surface area contributed by atoms with Gasteiger partial charge in [-0.05, 0) is 13.0 Å². The second kappa shape index (κ2) is 5.63. The molecule has 0 bridgehead atoms. The van der Waals surface area contributed by atoms with Crippen LogP contribution < -0.4 is 0 Å². The predicted octanol–water partition coefficient (Wildman–Crippen LogP) is 2.67. The number of hydrogen-bond acceptors (Lipinski definition) is 3. The first kappa shape index (κ1) is 13.1. The van der Waals surface area contributed by atoms with Crippen LogP contribution in [0.25, 0.3) is 11.0 Å². The number of nitrogens with zero attached hydrogens (tertiary/aromatic N) is 5. The lowest BCUT2D eigenvalue weighted by Gasteiger charge is -2.18. The minimum Gasteiger partial charge on any atom is -0.335 e. The van der Waals surface area contributed by atoms with Crippen LogP contribution >= 0.6 is 11.6 Å². The van der Waals surface area contributed by atoms with Crippen LogP contribution in [0.2, 0.25) is 0 Å². The summed E-state index contributed by atoms with van der Waals surface area (Å²) >= 11 is 5.90. The Morgan fingerprint density at radius 1 is 1.30 bits per heavy atom. The third-order valence-electron chi connectivity index (χ3n) is 3.36. The molecule has 5 nitrogen and oxygen atoms in total. The molecular weight excluding hydrogens is 274 g/mol. The number of hydrogen-bond donors (Lipinski definition) is 0. The van der Waals surface area contributed by atoms with Gasteiger partial charge in [-0.1, -0.05) is 0 Å². The Morgan fingerprint density at radius 2 is 2.20 bits per heavy atom. The molecule has 3 rings (SSSR count). The van der Waals surface area contributed by atoms with Gasteiger partial charge < -0.3 is 9.13 Å². The first-order valence-electron chi connectivity index (χ1n) is 6.62. The quantitative estimate of drug-likeness (QED) is 0.679. The fourth-order valence-electron chi connectivity index (χ4n) is 2.53. The SMILES string of the molecule is CC(Cn1ccnc1)n1c(CCCl)nc2cnccc21. The van der Waals surface area contributed by atoms with Gasteiger partial charge >= 0.3 is 0 Å². The number of rotatable bonds is 5. The summed E-state index contributed by atoms with van der Waals surface area (Å²) in [5, 5.41) is 0. The van der Waals surface area contributed by atoms with Gasteiger partial charge in [-0.2, -0.15) is 0 Å². The van der Waals surface area contributed by atoms with Crippen LogP contribution in [0.5, 0.6) is 0 Å². The molecule has 1 unspecified atom stereocenters. The Labute approximate surface area is 122 Å². The summed E-state index contributed by atoms with van der Waals surface area (Å²) in [6, 6.07) is 2.28. The smallest absolute Gasteiger partial charge is 0.111 e. The maximum atomic E-state index is 5.90. The standard InChI is InChI=1S/C14H16ClN5/c1-11(9-19-7-6-17-10-19)20-13-3-5-16-8-12(13)18-14(20)2-4-15/h3,5-8,10-11H,2,4,9H2,1H3. The molecule has 3 aromatic rings. The average molecular weight is 290 g/mol. The average Bonchev–Trinajstić information content (AvgIpc) is 3.05. The van der Waals surface area contributed by atoms with E-state index in [1.54, 1.807) is 18.6 Å². The van der Waals surface area contributed by atoms with Crippen molar-refractivity contribution < 1.29 is 0 Å². The second-order valence-corrected chi connectivity index (χ2v) is 5.19. The van der Waals surface area contributed by atoms with Gasteiger partial charge in [0.25, 0.3) is 0 Å². The van der Waals surface area contributed by atoms with Crippen LogP contribution in [0.3, 0.4) is 0 Å². The van der Waals surface area contributed by atoms with Crippen molar-refractivity contribution in [3.63, 3.8) is 0 Å². The highest BCUT2D eigenvalue weighted by molar-refractivity contribution is 6.17. The Kier molecular flexibility index (Phi) is 3.69. The van der Waals surface area contributed by atoms with Crippen molar-refractivity contribution in [2.45, 2.75) is 25.9 Å². The summed E-state index contributed by atoms with van der Waals surface area (Å²) in [5.74, 6) is 1.57. The van der Waals surface area contributed by atoms with Crippen molar-refractivity contribution in [3.05, 3.63) is 43.0 Å². The molecule has 0 radical (unpaired) electrons. The van der Waals surface area contributed by atoms with E-state index in [1.165, 1.54) is 0 Å². The van der Waals surface area contributed by atoms with Gasteiger partial charge in [-0.15, -0.1) is 11.6 Å². The third-order valence-corrected chi connectivity index (χ3v) is 3.55. The molecule has 3 aromatic heterocycles. The van der Waals surface area contributed by atoms with Crippen molar-refractivity contribution in [3.8, 4) is 0 Å². The molecule has 3 heterocycles. The van der Waals surface area contributed by atoms with E-state index in [-0.39, 0.29) is 6.04 Å². The molecule has 0 fully saturated rings. The zero-order valence-corrected chi connectivity index (χ0v) is 12.0. The van der Waals surface area contributed by atoms with Gasteiger partial charge in [-0.25, -0.2) is 9.97 Å². The third kappa shape index (κ3) is 2.41. The van der Waals surface area contributed by atoms with Gasteiger partial charge in [0.2, 0.25) is 0 Å². The fraction of sp³-hybridized carbons (Fsp3) is 0.357. The number of alkyl halides is 1. The van der Waals surface area contributed by atoms with Crippen molar-refractivity contribution in [2.24, 2.45) is 0 Å². The zero-order valence-electron chi connectivity index (χ0n) is 11.3. The molecular formula is C14H16ClN5. The van der Waals surface area contributed by atoms with E-state index in [0.29, 0.717) is 5.88 Å². The van der Waals surface area contributed by atoms with Crippen LogP contribution in [0, 0.1) is 0 Å². The van der Waals surface area contributed by atoms with Crippen LogP contribution in [0.4, 0.5) is 0 Å². The first-order valence-corrected chi connectivity index (χ1v) is 7.15. The van der Waals surface area contributed by atoms with Gasteiger partial charge in [0.15, 0.2) is 0 Å². The predicted molar refractivity (Wildman–Crippen MR) is 78.9 cm³/mol. The summed E-state index contributed by atoms with van der Waals surface area (Å²) in [6.07, 6.45) is 9.95.